The Morgan fingerprint density at radius 3 is 2.73 bits per heavy atom. The summed E-state index contributed by atoms with van der Waals surface area (Å²) in [6, 6.07) is 17.9. The molecule has 1 aromatic heterocycles. The van der Waals surface area contributed by atoms with E-state index in [-0.39, 0.29) is 36.2 Å². The van der Waals surface area contributed by atoms with Crippen LogP contribution in [0.3, 0.4) is 0 Å². The van der Waals surface area contributed by atoms with Gasteiger partial charge in [0.2, 0.25) is 11.8 Å². The fourth-order valence-corrected chi connectivity index (χ4v) is 3.38. The largest absolute Gasteiger partial charge is 0.438 e. The van der Waals surface area contributed by atoms with E-state index in [1.165, 1.54) is 5.01 Å². The predicted molar refractivity (Wildman–Crippen MR) is 124 cm³/mol. The van der Waals surface area contributed by atoms with E-state index in [0.717, 1.165) is 11.1 Å². The van der Waals surface area contributed by atoms with Crippen molar-refractivity contribution in [2.24, 2.45) is 5.10 Å². The van der Waals surface area contributed by atoms with Gasteiger partial charge in [-0.2, -0.15) is 10.4 Å². The molecule has 0 atom stereocenters. The zero-order valence-electron chi connectivity index (χ0n) is 18.2. The number of nitrogens with zero attached hydrogens (tertiary/aromatic N) is 4. The lowest BCUT2D eigenvalue weighted by Crippen LogP contribution is -2.36. The highest BCUT2D eigenvalue weighted by Crippen LogP contribution is 2.27. The third kappa shape index (κ3) is 4.88. The normalized spacial score (nSPS) is 13.2. The van der Waals surface area contributed by atoms with Crippen LogP contribution < -0.4 is 15.1 Å². The SMILES string of the molecule is Cc1cccc(N2N=C(C(=O)Nc3ccc(Oc4ncccc4C#N)cc3C)CCC2=O)c1. The van der Waals surface area contributed by atoms with E-state index in [1.54, 1.807) is 42.6 Å². The van der Waals surface area contributed by atoms with Crippen LogP contribution in [0.1, 0.15) is 29.5 Å². The molecule has 0 unspecified atom stereocenters. The molecule has 2 heterocycles. The maximum absolute atomic E-state index is 12.9. The molecule has 3 aromatic rings. The Morgan fingerprint density at radius 2 is 1.97 bits per heavy atom. The molecule has 164 valence electrons. The molecule has 2 amide bonds. The lowest BCUT2D eigenvalue weighted by Gasteiger charge is -2.23. The standard InChI is InChI=1S/C25H21N5O3/c1-16-5-3-7-19(13-16)30-23(31)11-10-22(29-30)24(32)28-21-9-8-20(14-17(21)2)33-25-18(15-26)6-4-12-27-25/h3-9,12-14H,10-11H2,1-2H3,(H,28,32). The van der Waals surface area contributed by atoms with Crippen LogP contribution in [-0.2, 0) is 9.59 Å². The molecule has 0 radical (unpaired) electrons. The molecule has 0 fully saturated rings. The number of nitrogens with one attached hydrogen (secondary N) is 1. The van der Waals surface area contributed by atoms with Crippen LogP contribution in [0.2, 0.25) is 0 Å². The quantitative estimate of drug-likeness (QED) is 0.630. The zero-order chi connectivity index (χ0) is 23.4. The molecule has 0 saturated carbocycles. The van der Waals surface area contributed by atoms with Gasteiger partial charge < -0.3 is 10.1 Å². The van der Waals surface area contributed by atoms with Crippen LogP contribution in [0.15, 0.2) is 65.9 Å². The molecule has 1 aliphatic rings. The first-order chi connectivity index (χ1) is 15.9. The van der Waals surface area contributed by atoms with Crippen LogP contribution in [-0.4, -0.2) is 22.5 Å². The molecule has 0 spiro atoms. The van der Waals surface area contributed by atoms with Gasteiger partial charge in [0.1, 0.15) is 23.1 Å². The van der Waals surface area contributed by atoms with Crippen molar-refractivity contribution in [2.75, 3.05) is 10.3 Å². The lowest BCUT2D eigenvalue weighted by molar-refractivity contribution is -0.118. The molecule has 8 heteroatoms. The Hall–Kier alpha value is -4.51. The van der Waals surface area contributed by atoms with Crippen molar-refractivity contribution in [1.82, 2.24) is 4.98 Å². The maximum Gasteiger partial charge on any atom is 0.271 e. The molecule has 33 heavy (non-hydrogen) atoms. The Morgan fingerprint density at radius 1 is 1.12 bits per heavy atom. The van der Waals surface area contributed by atoms with E-state index in [4.69, 9.17) is 4.74 Å². The van der Waals surface area contributed by atoms with Gasteiger partial charge in [-0.3, -0.25) is 9.59 Å². The Kier molecular flexibility index (Phi) is 6.13. The number of rotatable bonds is 5. The number of aryl methyl sites for hydroxylation is 2. The minimum atomic E-state index is -0.367. The average molecular weight is 439 g/mol. The van der Waals surface area contributed by atoms with E-state index in [2.05, 4.69) is 15.4 Å². The number of aromatic nitrogens is 1. The van der Waals surface area contributed by atoms with Crippen LogP contribution >= 0.6 is 0 Å². The summed E-state index contributed by atoms with van der Waals surface area (Å²) in [6.07, 6.45) is 2.02. The van der Waals surface area contributed by atoms with Crippen molar-refractivity contribution in [2.45, 2.75) is 26.7 Å². The molecule has 1 aliphatic heterocycles. The molecule has 0 aliphatic carbocycles. The van der Waals surface area contributed by atoms with Gasteiger partial charge in [0.15, 0.2) is 0 Å². The van der Waals surface area contributed by atoms with Crippen molar-refractivity contribution in [3.05, 3.63) is 77.5 Å². The summed E-state index contributed by atoms with van der Waals surface area (Å²) in [5.41, 5.74) is 3.60. The predicted octanol–water partition coefficient (Wildman–Crippen LogP) is 4.48. The molecule has 1 N–H and O–H groups in total. The summed E-state index contributed by atoms with van der Waals surface area (Å²) in [5.74, 6) is 0.190. The fourth-order valence-electron chi connectivity index (χ4n) is 3.38. The summed E-state index contributed by atoms with van der Waals surface area (Å²) < 4.78 is 5.73. The number of benzene rings is 2. The molecule has 0 bridgehead atoms. The van der Waals surface area contributed by atoms with Crippen LogP contribution in [0.5, 0.6) is 11.6 Å². The monoisotopic (exact) mass is 439 g/mol. The van der Waals surface area contributed by atoms with E-state index in [9.17, 15) is 14.9 Å². The summed E-state index contributed by atoms with van der Waals surface area (Å²) in [6.45, 7) is 3.76. The lowest BCUT2D eigenvalue weighted by atomic mass is 10.1. The highest BCUT2D eigenvalue weighted by molar-refractivity contribution is 6.44. The second-order valence-corrected chi connectivity index (χ2v) is 7.59. The smallest absolute Gasteiger partial charge is 0.271 e. The van der Waals surface area contributed by atoms with Gasteiger partial charge in [-0.25, -0.2) is 9.99 Å². The van der Waals surface area contributed by atoms with Crippen LogP contribution in [0, 0.1) is 25.2 Å². The first-order valence-corrected chi connectivity index (χ1v) is 10.4. The number of hydrazone groups is 1. The van der Waals surface area contributed by atoms with E-state index in [0.29, 0.717) is 22.7 Å². The second kappa shape index (κ2) is 9.32. The molecule has 0 saturated heterocycles. The van der Waals surface area contributed by atoms with Crippen molar-refractivity contribution >= 4 is 28.9 Å². The first kappa shape index (κ1) is 21.7. The molecule has 8 nitrogen and oxygen atoms in total. The van der Waals surface area contributed by atoms with Gasteiger partial charge in [0, 0.05) is 24.7 Å². The molecule has 2 aromatic carbocycles. The van der Waals surface area contributed by atoms with Crippen molar-refractivity contribution < 1.29 is 14.3 Å². The molecule has 4 rings (SSSR count). The van der Waals surface area contributed by atoms with Gasteiger partial charge in [-0.05, 0) is 67.4 Å². The summed E-state index contributed by atoms with van der Waals surface area (Å²) in [5, 5.41) is 17.7. The number of anilines is 2. The third-order valence-electron chi connectivity index (χ3n) is 5.09. The van der Waals surface area contributed by atoms with E-state index >= 15 is 0 Å². The molecular weight excluding hydrogens is 418 g/mol. The molecular formula is C25H21N5O3. The number of pyridine rings is 1. The zero-order valence-corrected chi connectivity index (χ0v) is 18.2. The Bertz CT molecular complexity index is 1310. The Labute approximate surface area is 191 Å². The number of hydrogen-bond donors (Lipinski definition) is 1. The number of hydrogen-bond acceptors (Lipinski definition) is 6. The van der Waals surface area contributed by atoms with E-state index in [1.807, 2.05) is 38.1 Å². The minimum absolute atomic E-state index is 0.152. The van der Waals surface area contributed by atoms with Gasteiger partial charge >= 0.3 is 0 Å². The number of nitriles is 1. The average Bonchev–Trinajstić information content (AvgIpc) is 2.81. The number of carbonyl (C=O) groups is 2. The topological polar surface area (TPSA) is 108 Å². The van der Waals surface area contributed by atoms with Crippen molar-refractivity contribution in [1.29, 1.82) is 5.26 Å². The third-order valence-corrected chi connectivity index (χ3v) is 5.09. The van der Waals surface area contributed by atoms with Crippen molar-refractivity contribution in [3.63, 3.8) is 0 Å². The highest BCUT2D eigenvalue weighted by Gasteiger charge is 2.26. The Balaban J connectivity index is 1.50. The second-order valence-electron chi connectivity index (χ2n) is 7.59. The van der Waals surface area contributed by atoms with E-state index < -0.39 is 0 Å². The maximum atomic E-state index is 12.9. The van der Waals surface area contributed by atoms with Gasteiger partial charge in [-0.1, -0.05) is 12.1 Å². The number of carbonyl (C=O) groups excluding carboxylic acids is 2. The minimum Gasteiger partial charge on any atom is -0.438 e. The summed E-state index contributed by atoms with van der Waals surface area (Å²) >= 11 is 0. The number of ether oxygens (including phenoxy) is 1. The first-order valence-electron chi connectivity index (χ1n) is 10.4. The van der Waals surface area contributed by atoms with Gasteiger partial charge in [0.25, 0.3) is 5.91 Å². The number of amides is 2. The van der Waals surface area contributed by atoms with Crippen LogP contribution in [0.25, 0.3) is 0 Å². The summed E-state index contributed by atoms with van der Waals surface area (Å²) in [7, 11) is 0. The van der Waals surface area contributed by atoms with Gasteiger partial charge in [0.05, 0.1) is 5.69 Å². The van der Waals surface area contributed by atoms with Gasteiger partial charge in [-0.15, -0.1) is 0 Å². The highest BCUT2D eigenvalue weighted by atomic mass is 16.5. The fraction of sp³-hybridized carbons (Fsp3) is 0.160. The summed E-state index contributed by atoms with van der Waals surface area (Å²) in [4.78, 5) is 29.3. The van der Waals surface area contributed by atoms with Crippen molar-refractivity contribution in [3.8, 4) is 17.7 Å². The van der Waals surface area contributed by atoms with Crippen LogP contribution in [0.4, 0.5) is 11.4 Å².